The van der Waals surface area contributed by atoms with Crippen molar-refractivity contribution < 1.29 is 14.6 Å². The Morgan fingerprint density at radius 1 is 1.55 bits per heavy atom. The van der Waals surface area contributed by atoms with Crippen LogP contribution >= 0.6 is 27.3 Å². The fourth-order valence-corrected chi connectivity index (χ4v) is 2.83. The number of carboxylic acids is 1. The highest BCUT2D eigenvalue weighted by Gasteiger charge is 2.08. The molecule has 0 amide bonds. The molecule has 0 radical (unpaired) electrons. The van der Waals surface area contributed by atoms with Crippen molar-refractivity contribution in [2.24, 2.45) is 0 Å². The lowest BCUT2D eigenvalue weighted by Gasteiger charge is -2.12. The molecule has 6 heteroatoms. The third kappa shape index (κ3) is 3.91. The number of carboxylic acid groups (broad SMARTS) is 1. The van der Waals surface area contributed by atoms with E-state index in [9.17, 15) is 4.79 Å². The van der Waals surface area contributed by atoms with Crippen LogP contribution < -0.4 is 4.74 Å². The van der Waals surface area contributed by atoms with Crippen molar-refractivity contribution in [3.63, 3.8) is 0 Å². The summed E-state index contributed by atoms with van der Waals surface area (Å²) in [6, 6.07) is 3.75. The Kier molecular flexibility index (Phi) is 4.92. The van der Waals surface area contributed by atoms with Gasteiger partial charge < -0.3 is 9.84 Å². The summed E-state index contributed by atoms with van der Waals surface area (Å²) >= 11 is 4.91. The smallest absolute Gasteiger partial charge is 0.328 e. The Hall–Kier alpha value is -1.66. The van der Waals surface area contributed by atoms with Gasteiger partial charge in [0, 0.05) is 21.5 Å². The second kappa shape index (κ2) is 6.67. The number of aliphatic carboxylic acids is 1. The van der Waals surface area contributed by atoms with Crippen LogP contribution in [0.15, 0.2) is 33.6 Å². The lowest BCUT2D eigenvalue weighted by molar-refractivity contribution is -0.131. The van der Waals surface area contributed by atoms with E-state index < -0.39 is 5.97 Å². The molecule has 0 spiro atoms. The number of thiazole rings is 1. The van der Waals surface area contributed by atoms with Gasteiger partial charge in [-0.3, -0.25) is 0 Å². The largest absolute Gasteiger partial charge is 0.486 e. The SMILES string of the molecule is Cc1cc(Br)cc(/C=C/C(=O)O)c1OCc1cscn1. The summed E-state index contributed by atoms with van der Waals surface area (Å²) in [5, 5.41) is 10.7. The van der Waals surface area contributed by atoms with E-state index in [0.717, 1.165) is 27.4 Å². The van der Waals surface area contributed by atoms with Crippen LogP contribution in [0.4, 0.5) is 0 Å². The average Bonchev–Trinajstić information content (AvgIpc) is 2.88. The molecular formula is C14H12BrNO3S. The molecule has 0 bridgehead atoms. The fraction of sp³-hybridized carbons (Fsp3) is 0.143. The first kappa shape index (κ1) is 14.7. The molecule has 0 unspecified atom stereocenters. The molecule has 0 saturated heterocycles. The minimum atomic E-state index is -0.993. The van der Waals surface area contributed by atoms with Crippen LogP contribution in [-0.2, 0) is 11.4 Å². The van der Waals surface area contributed by atoms with E-state index in [0.29, 0.717) is 12.4 Å². The molecule has 2 rings (SSSR count). The van der Waals surface area contributed by atoms with Gasteiger partial charge in [0.2, 0.25) is 0 Å². The zero-order chi connectivity index (χ0) is 14.5. The topological polar surface area (TPSA) is 59.4 Å². The normalized spacial score (nSPS) is 10.9. The molecule has 20 heavy (non-hydrogen) atoms. The molecule has 0 aliphatic rings. The summed E-state index contributed by atoms with van der Waals surface area (Å²) in [4.78, 5) is 14.8. The highest BCUT2D eigenvalue weighted by molar-refractivity contribution is 9.10. The van der Waals surface area contributed by atoms with E-state index in [1.807, 2.05) is 24.4 Å². The predicted molar refractivity (Wildman–Crippen MR) is 82.0 cm³/mol. The van der Waals surface area contributed by atoms with Crippen molar-refractivity contribution in [3.05, 3.63) is 50.4 Å². The van der Waals surface area contributed by atoms with Crippen LogP contribution in [0.25, 0.3) is 6.08 Å². The van der Waals surface area contributed by atoms with Gasteiger partial charge in [-0.2, -0.15) is 0 Å². The quantitative estimate of drug-likeness (QED) is 0.828. The Bertz CT molecular complexity index is 638. The van der Waals surface area contributed by atoms with Gasteiger partial charge in [0.1, 0.15) is 12.4 Å². The highest BCUT2D eigenvalue weighted by atomic mass is 79.9. The van der Waals surface area contributed by atoms with Crippen LogP contribution in [-0.4, -0.2) is 16.1 Å². The molecule has 1 aromatic heterocycles. The van der Waals surface area contributed by atoms with Crippen molar-refractivity contribution in [1.82, 2.24) is 4.98 Å². The van der Waals surface area contributed by atoms with Gasteiger partial charge in [-0.1, -0.05) is 15.9 Å². The monoisotopic (exact) mass is 353 g/mol. The zero-order valence-electron chi connectivity index (χ0n) is 10.7. The van der Waals surface area contributed by atoms with Crippen LogP contribution in [0.1, 0.15) is 16.8 Å². The van der Waals surface area contributed by atoms with Crippen molar-refractivity contribution in [2.75, 3.05) is 0 Å². The first-order valence-corrected chi connectivity index (χ1v) is 7.51. The van der Waals surface area contributed by atoms with Crippen LogP contribution in [0.3, 0.4) is 0 Å². The van der Waals surface area contributed by atoms with Crippen molar-refractivity contribution in [3.8, 4) is 5.75 Å². The molecule has 1 heterocycles. The Labute approximate surface area is 128 Å². The lowest BCUT2D eigenvalue weighted by atomic mass is 10.1. The standard InChI is InChI=1S/C14H12BrNO3S/c1-9-4-11(15)5-10(2-3-13(17)18)14(9)19-6-12-7-20-8-16-12/h2-5,7-8H,6H2,1H3,(H,17,18)/b3-2+. The molecular weight excluding hydrogens is 342 g/mol. The van der Waals surface area contributed by atoms with E-state index in [1.165, 1.54) is 17.4 Å². The second-order valence-corrected chi connectivity index (χ2v) is 5.72. The number of benzene rings is 1. The summed E-state index contributed by atoms with van der Waals surface area (Å²) in [5.74, 6) is -0.327. The number of aryl methyl sites for hydroxylation is 1. The number of halogens is 1. The summed E-state index contributed by atoms with van der Waals surface area (Å²) in [7, 11) is 0. The van der Waals surface area contributed by atoms with E-state index in [4.69, 9.17) is 9.84 Å². The molecule has 1 N–H and O–H groups in total. The summed E-state index contributed by atoms with van der Waals surface area (Å²) < 4.78 is 6.65. The maximum atomic E-state index is 10.7. The molecule has 1 aromatic carbocycles. The maximum absolute atomic E-state index is 10.7. The van der Waals surface area contributed by atoms with Crippen LogP contribution in [0.5, 0.6) is 5.75 Å². The first-order valence-electron chi connectivity index (χ1n) is 5.77. The van der Waals surface area contributed by atoms with Gasteiger partial charge in [0.25, 0.3) is 0 Å². The van der Waals surface area contributed by atoms with Gasteiger partial charge in [-0.15, -0.1) is 11.3 Å². The molecule has 0 atom stereocenters. The first-order chi connectivity index (χ1) is 9.56. The van der Waals surface area contributed by atoms with Crippen molar-refractivity contribution >= 4 is 39.3 Å². The third-order valence-electron chi connectivity index (χ3n) is 2.52. The van der Waals surface area contributed by atoms with Crippen LogP contribution in [0, 0.1) is 6.92 Å². The number of carbonyl (C=O) groups is 1. The molecule has 0 saturated carbocycles. The van der Waals surface area contributed by atoms with Gasteiger partial charge in [0.15, 0.2) is 0 Å². The minimum Gasteiger partial charge on any atom is -0.486 e. The van der Waals surface area contributed by atoms with E-state index >= 15 is 0 Å². The molecule has 104 valence electrons. The van der Waals surface area contributed by atoms with Crippen LogP contribution in [0.2, 0.25) is 0 Å². The Morgan fingerprint density at radius 2 is 2.35 bits per heavy atom. The van der Waals surface area contributed by atoms with Gasteiger partial charge in [0.05, 0.1) is 11.2 Å². The Balaban J connectivity index is 2.27. The molecule has 4 nitrogen and oxygen atoms in total. The number of aromatic nitrogens is 1. The average molecular weight is 354 g/mol. The molecule has 0 aliphatic heterocycles. The Morgan fingerprint density at radius 3 is 3.00 bits per heavy atom. The van der Waals surface area contributed by atoms with Crippen molar-refractivity contribution in [1.29, 1.82) is 0 Å². The maximum Gasteiger partial charge on any atom is 0.328 e. The molecule has 2 aromatic rings. The van der Waals surface area contributed by atoms with Crippen molar-refractivity contribution in [2.45, 2.75) is 13.5 Å². The molecule has 0 fully saturated rings. The van der Waals surface area contributed by atoms with E-state index in [-0.39, 0.29) is 0 Å². The number of ether oxygens (including phenoxy) is 1. The zero-order valence-corrected chi connectivity index (χ0v) is 13.1. The number of rotatable bonds is 5. The summed E-state index contributed by atoms with van der Waals surface area (Å²) in [5.41, 5.74) is 4.25. The van der Waals surface area contributed by atoms with Gasteiger partial charge in [-0.05, 0) is 30.7 Å². The second-order valence-electron chi connectivity index (χ2n) is 4.08. The fourth-order valence-electron chi connectivity index (χ4n) is 1.69. The third-order valence-corrected chi connectivity index (χ3v) is 3.61. The number of hydrogen-bond donors (Lipinski definition) is 1. The number of nitrogens with zero attached hydrogens (tertiary/aromatic N) is 1. The van der Waals surface area contributed by atoms with Gasteiger partial charge in [-0.25, -0.2) is 9.78 Å². The summed E-state index contributed by atoms with van der Waals surface area (Å²) in [6.45, 7) is 2.28. The van der Waals surface area contributed by atoms with E-state index in [2.05, 4.69) is 20.9 Å². The predicted octanol–water partition coefficient (Wildman–Crippen LogP) is 3.89. The summed E-state index contributed by atoms with van der Waals surface area (Å²) in [6.07, 6.45) is 2.62. The molecule has 0 aliphatic carbocycles. The number of hydrogen-bond acceptors (Lipinski definition) is 4. The van der Waals surface area contributed by atoms with Gasteiger partial charge >= 0.3 is 5.97 Å². The highest BCUT2D eigenvalue weighted by Crippen LogP contribution is 2.29. The lowest BCUT2D eigenvalue weighted by Crippen LogP contribution is -1.99. The van der Waals surface area contributed by atoms with E-state index in [1.54, 1.807) is 5.51 Å². The minimum absolute atomic E-state index is 0.361.